The minimum atomic E-state index is -0.640. The van der Waals surface area contributed by atoms with Gasteiger partial charge in [-0.15, -0.1) is 0 Å². The molecule has 2 heterocycles. The van der Waals surface area contributed by atoms with E-state index in [0.29, 0.717) is 0 Å². The molecule has 19 heavy (non-hydrogen) atoms. The van der Waals surface area contributed by atoms with Crippen molar-refractivity contribution >= 4 is 17.4 Å². The summed E-state index contributed by atoms with van der Waals surface area (Å²) in [4.78, 5) is 24.1. The number of carbonyl (C=O) groups excluding carboxylic acids is 1. The molecule has 3 rings (SSSR count). The average Bonchev–Trinajstić information content (AvgIpc) is 2.37. The van der Waals surface area contributed by atoms with E-state index in [9.17, 15) is 14.9 Å². The van der Waals surface area contributed by atoms with Crippen LogP contribution in [0.2, 0.25) is 0 Å². The van der Waals surface area contributed by atoms with Crippen molar-refractivity contribution in [3.05, 3.63) is 44.6 Å². The maximum atomic E-state index is 11.8. The largest absolute Gasteiger partial charge is 0.329 e. The maximum absolute atomic E-state index is 11.8. The standard InChI is InChI=1S/C13H13ClN2O3/c14-11-12-9-4-2-1-3-8(9)5-6-15(12)7-10(17)13(11)16(18)19/h1-3,9,12H,4-7H2. The summed E-state index contributed by atoms with van der Waals surface area (Å²) in [6.45, 7) is 0.832. The average molecular weight is 281 g/mol. The smallest absolute Gasteiger partial charge is 0.286 e. The van der Waals surface area contributed by atoms with Gasteiger partial charge in [0, 0.05) is 12.5 Å². The monoisotopic (exact) mass is 280 g/mol. The van der Waals surface area contributed by atoms with Crippen LogP contribution in [0.25, 0.3) is 0 Å². The van der Waals surface area contributed by atoms with Crippen molar-refractivity contribution in [2.24, 2.45) is 5.92 Å². The minimum absolute atomic E-state index is 0.102. The Morgan fingerprint density at radius 1 is 1.47 bits per heavy atom. The Morgan fingerprint density at radius 3 is 3.00 bits per heavy atom. The second kappa shape index (κ2) is 4.58. The van der Waals surface area contributed by atoms with E-state index in [2.05, 4.69) is 6.08 Å². The van der Waals surface area contributed by atoms with E-state index >= 15 is 0 Å². The first-order valence-corrected chi connectivity index (χ1v) is 6.64. The van der Waals surface area contributed by atoms with Crippen LogP contribution in [0.3, 0.4) is 0 Å². The number of allylic oxidation sites excluding steroid dienone is 3. The first kappa shape index (κ1) is 12.6. The van der Waals surface area contributed by atoms with Crippen LogP contribution in [0.5, 0.6) is 0 Å². The molecular weight excluding hydrogens is 268 g/mol. The fourth-order valence-electron chi connectivity index (χ4n) is 3.19. The summed E-state index contributed by atoms with van der Waals surface area (Å²) in [7, 11) is 0. The number of ketones is 1. The van der Waals surface area contributed by atoms with E-state index in [1.807, 2.05) is 17.1 Å². The molecule has 0 bridgehead atoms. The van der Waals surface area contributed by atoms with E-state index in [1.165, 1.54) is 5.57 Å². The van der Waals surface area contributed by atoms with Crippen molar-refractivity contribution in [3.63, 3.8) is 0 Å². The third-order valence-corrected chi connectivity index (χ3v) is 4.46. The number of piperidine rings is 1. The highest BCUT2D eigenvalue weighted by atomic mass is 35.5. The molecule has 0 aromatic carbocycles. The van der Waals surface area contributed by atoms with E-state index in [0.717, 1.165) is 19.4 Å². The lowest BCUT2D eigenvalue weighted by molar-refractivity contribution is -0.420. The van der Waals surface area contributed by atoms with Gasteiger partial charge in [0.2, 0.25) is 5.78 Å². The van der Waals surface area contributed by atoms with Crippen LogP contribution in [0.4, 0.5) is 0 Å². The summed E-state index contributed by atoms with van der Waals surface area (Å²) in [5.74, 6) is -0.320. The molecule has 5 nitrogen and oxygen atoms in total. The molecule has 2 atom stereocenters. The molecule has 0 aromatic rings. The van der Waals surface area contributed by atoms with E-state index in [1.54, 1.807) is 0 Å². The fraction of sp³-hybridized carbons (Fsp3) is 0.462. The lowest BCUT2D eigenvalue weighted by atomic mass is 9.78. The van der Waals surface area contributed by atoms with Gasteiger partial charge < -0.3 is 0 Å². The van der Waals surface area contributed by atoms with Crippen LogP contribution in [-0.2, 0) is 4.79 Å². The van der Waals surface area contributed by atoms with Gasteiger partial charge in [0.25, 0.3) is 0 Å². The molecule has 0 saturated carbocycles. The van der Waals surface area contributed by atoms with Gasteiger partial charge in [-0.1, -0.05) is 35.4 Å². The van der Waals surface area contributed by atoms with E-state index < -0.39 is 16.4 Å². The van der Waals surface area contributed by atoms with Crippen LogP contribution in [0, 0.1) is 16.0 Å². The highest BCUT2D eigenvalue weighted by Gasteiger charge is 2.46. The number of rotatable bonds is 1. The lowest BCUT2D eigenvalue weighted by Crippen LogP contribution is -2.52. The summed E-state index contributed by atoms with van der Waals surface area (Å²) in [6, 6.07) is -0.218. The third-order valence-electron chi connectivity index (χ3n) is 4.05. The first-order chi connectivity index (χ1) is 9.09. The quantitative estimate of drug-likeness (QED) is 0.543. The molecule has 1 saturated heterocycles. The Kier molecular flexibility index (Phi) is 3.03. The minimum Gasteiger partial charge on any atom is -0.286 e. The molecule has 3 aliphatic rings. The van der Waals surface area contributed by atoms with Gasteiger partial charge in [0.05, 0.1) is 17.5 Å². The zero-order valence-electron chi connectivity index (χ0n) is 10.2. The number of nitrogens with zero attached hydrogens (tertiary/aromatic N) is 2. The van der Waals surface area contributed by atoms with Crippen molar-refractivity contribution in [2.45, 2.75) is 18.9 Å². The highest BCUT2D eigenvalue weighted by Crippen LogP contribution is 2.41. The van der Waals surface area contributed by atoms with Crippen molar-refractivity contribution in [2.75, 3.05) is 13.1 Å². The number of hydrogen-bond donors (Lipinski definition) is 0. The first-order valence-electron chi connectivity index (χ1n) is 6.26. The molecule has 2 aliphatic heterocycles. The molecule has 6 heteroatoms. The second-order valence-corrected chi connectivity index (χ2v) is 5.46. The van der Waals surface area contributed by atoms with Crippen molar-refractivity contribution in [1.82, 2.24) is 4.90 Å². The summed E-state index contributed by atoms with van der Waals surface area (Å²) < 4.78 is 0. The molecule has 0 radical (unpaired) electrons. The Morgan fingerprint density at radius 2 is 2.26 bits per heavy atom. The van der Waals surface area contributed by atoms with Crippen LogP contribution in [-0.4, -0.2) is 34.7 Å². The Bertz CT molecular complexity index is 550. The summed E-state index contributed by atoms with van der Waals surface area (Å²) in [5.41, 5.74) is 0.859. The summed E-state index contributed by atoms with van der Waals surface area (Å²) in [6.07, 6.45) is 7.85. The third kappa shape index (κ3) is 1.93. The predicted octanol–water partition coefficient (Wildman–Crippen LogP) is 1.87. The van der Waals surface area contributed by atoms with Gasteiger partial charge in [0.1, 0.15) is 5.03 Å². The Labute approximate surface area is 115 Å². The van der Waals surface area contributed by atoms with Crippen LogP contribution < -0.4 is 0 Å². The number of nitro groups is 1. The van der Waals surface area contributed by atoms with Gasteiger partial charge in [0.15, 0.2) is 0 Å². The van der Waals surface area contributed by atoms with Crippen molar-refractivity contribution in [3.8, 4) is 0 Å². The van der Waals surface area contributed by atoms with Crippen molar-refractivity contribution in [1.29, 1.82) is 0 Å². The number of halogens is 1. The topological polar surface area (TPSA) is 63.5 Å². The van der Waals surface area contributed by atoms with Crippen LogP contribution >= 0.6 is 11.6 Å². The van der Waals surface area contributed by atoms with Crippen LogP contribution in [0.1, 0.15) is 12.8 Å². The van der Waals surface area contributed by atoms with Gasteiger partial charge in [-0.2, -0.15) is 0 Å². The predicted molar refractivity (Wildman–Crippen MR) is 70.2 cm³/mol. The second-order valence-electron chi connectivity index (χ2n) is 5.05. The van der Waals surface area contributed by atoms with E-state index in [-0.39, 0.29) is 23.5 Å². The van der Waals surface area contributed by atoms with Gasteiger partial charge in [-0.25, -0.2) is 0 Å². The molecule has 1 fully saturated rings. The maximum Gasteiger partial charge on any atom is 0.329 e. The molecule has 100 valence electrons. The summed E-state index contributed by atoms with van der Waals surface area (Å²) in [5, 5.41) is 11.1. The summed E-state index contributed by atoms with van der Waals surface area (Å²) >= 11 is 6.19. The Hall–Kier alpha value is -1.46. The Balaban J connectivity index is 2.05. The normalized spacial score (nSPS) is 30.8. The highest BCUT2D eigenvalue weighted by molar-refractivity contribution is 6.32. The van der Waals surface area contributed by atoms with E-state index in [4.69, 9.17) is 11.6 Å². The SMILES string of the molecule is O=C1CN2CCC3=CC=CCC3C2C(Cl)=C1[N+](=O)[O-]. The molecule has 0 spiro atoms. The number of carbonyl (C=O) groups is 1. The molecule has 1 aliphatic carbocycles. The van der Waals surface area contributed by atoms with Crippen LogP contribution in [0.15, 0.2) is 34.5 Å². The lowest BCUT2D eigenvalue weighted by Gasteiger charge is -2.44. The molecule has 2 unspecified atom stereocenters. The molecule has 0 aromatic heterocycles. The zero-order valence-corrected chi connectivity index (χ0v) is 11.0. The van der Waals surface area contributed by atoms with Crippen molar-refractivity contribution < 1.29 is 9.72 Å². The molecule has 0 N–H and O–H groups in total. The van der Waals surface area contributed by atoms with Gasteiger partial charge in [-0.3, -0.25) is 19.8 Å². The van der Waals surface area contributed by atoms with Gasteiger partial charge in [-0.05, 0) is 12.8 Å². The van der Waals surface area contributed by atoms with Gasteiger partial charge >= 0.3 is 5.70 Å². The number of hydrogen-bond acceptors (Lipinski definition) is 4. The number of fused-ring (bicyclic) bond motifs is 3. The molecular formula is C13H13ClN2O3. The molecule has 0 amide bonds. The number of Topliss-reactive ketones (excluding diaryl/α,β-unsaturated/α-hetero) is 1. The zero-order chi connectivity index (χ0) is 13.6. The fourth-order valence-corrected chi connectivity index (χ4v) is 3.66.